The number of halogens is 1. The fourth-order valence-corrected chi connectivity index (χ4v) is 4.03. The monoisotopic (exact) mass is 459 g/mol. The number of nitriles is 1. The molecule has 0 saturated carbocycles. The highest BCUT2D eigenvalue weighted by Gasteiger charge is 2.16. The number of carbonyl (C=O) groups excluding carboxylic acids is 1. The van der Waals surface area contributed by atoms with Crippen molar-refractivity contribution in [1.82, 2.24) is 14.8 Å². The molecule has 0 atom stereocenters. The molecular formula is C24H18ClN5OS. The van der Waals surface area contributed by atoms with Gasteiger partial charge < -0.3 is 5.32 Å². The Morgan fingerprint density at radius 3 is 2.56 bits per heavy atom. The third kappa shape index (κ3) is 5.35. The van der Waals surface area contributed by atoms with Gasteiger partial charge in [0, 0.05) is 22.8 Å². The number of rotatable bonds is 7. The van der Waals surface area contributed by atoms with Crippen LogP contribution < -0.4 is 5.32 Å². The molecule has 1 N–H and O–H groups in total. The Labute approximate surface area is 194 Å². The molecule has 158 valence electrons. The van der Waals surface area contributed by atoms with Crippen LogP contribution in [-0.4, -0.2) is 26.4 Å². The van der Waals surface area contributed by atoms with Gasteiger partial charge in [-0.3, -0.25) is 9.36 Å². The van der Waals surface area contributed by atoms with E-state index < -0.39 is 0 Å². The van der Waals surface area contributed by atoms with Gasteiger partial charge >= 0.3 is 0 Å². The first kappa shape index (κ1) is 21.6. The normalized spacial score (nSPS) is 10.5. The first-order valence-electron chi connectivity index (χ1n) is 9.79. The average Bonchev–Trinajstić information content (AvgIpc) is 3.21. The Morgan fingerprint density at radius 2 is 1.81 bits per heavy atom. The van der Waals surface area contributed by atoms with E-state index in [-0.39, 0.29) is 11.7 Å². The number of benzene rings is 3. The zero-order valence-corrected chi connectivity index (χ0v) is 18.5. The van der Waals surface area contributed by atoms with Crippen molar-refractivity contribution in [2.45, 2.75) is 11.6 Å². The largest absolute Gasteiger partial charge is 0.325 e. The molecule has 8 heteroatoms. The lowest BCUT2D eigenvalue weighted by atomic mass is 10.1. The van der Waals surface area contributed by atoms with E-state index in [0.29, 0.717) is 27.9 Å². The summed E-state index contributed by atoms with van der Waals surface area (Å²) in [5.41, 5.74) is 3.05. The van der Waals surface area contributed by atoms with Gasteiger partial charge in [-0.1, -0.05) is 59.8 Å². The van der Waals surface area contributed by atoms with Crippen molar-refractivity contribution in [2.75, 3.05) is 11.1 Å². The van der Waals surface area contributed by atoms with E-state index in [1.165, 1.54) is 11.8 Å². The summed E-state index contributed by atoms with van der Waals surface area (Å²) in [5, 5.41) is 21.8. The van der Waals surface area contributed by atoms with Crippen molar-refractivity contribution < 1.29 is 4.79 Å². The number of aromatic nitrogens is 3. The molecule has 0 aliphatic carbocycles. The highest BCUT2D eigenvalue weighted by molar-refractivity contribution is 7.99. The minimum absolute atomic E-state index is 0.147. The van der Waals surface area contributed by atoms with Gasteiger partial charge in [-0.25, -0.2) is 0 Å². The molecule has 0 spiro atoms. The smallest absolute Gasteiger partial charge is 0.234 e. The average molecular weight is 460 g/mol. The van der Waals surface area contributed by atoms with E-state index in [0.717, 1.165) is 17.1 Å². The summed E-state index contributed by atoms with van der Waals surface area (Å²) < 4.78 is 1.94. The summed E-state index contributed by atoms with van der Waals surface area (Å²) in [6, 6.07) is 26.3. The Hall–Kier alpha value is -3.60. The SMILES string of the molecule is N#Cc1cccc(NC(=O)CSc2nnc(Cc3ccccc3)n2-c2ccc(Cl)cc2)c1. The molecule has 1 heterocycles. The molecule has 1 amide bonds. The molecule has 0 unspecified atom stereocenters. The Balaban J connectivity index is 1.54. The van der Waals surface area contributed by atoms with E-state index in [2.05, 4.69) is 21.6 Å². The van der Waals surface area contributed by atoms with Gasteiger partial charge in [-0.05, 0) is 48.0 Å². The summed E-state index contributed by atoms with van der Waals surface area (Å²) in [4.78, 5) is 12.5. The molecule has 0 saturated heterocycles. The van der Waals surface area contributed by atoms with Crippen LogP contribution in [0.1, 0.15) is 17.0 Å². The molecule has 0 radical (unpaired) electrons. The quantitative estimate of drug-likeness (QED) is 0.388. The second-order valence-corrected chi connectivity index (χ2v) is 8.28. The molecule has 4 aromatic rings. The van der Waals surface area contributed by atoms with Gasteiger partial charge in [0.25, 0.3) is 0 Å². The van der Waals surface area contributed by atoms with Gasteiger partial charge in [-0.15, -0.1) is 10.2 Å². The number of hydrogen-bond donors (Lipinski definition) is 1. The number of carbonyl (C=O) groups is 1. The van der Waals surface area contributed by atoms with Crippen molar-refractivity contribution in [3.8, 4) is 11.8 Å². The van der Waals surface area contributed by atoms with Gasteiger partial charge in [0.15, 0.2) is 5.16 Å². The highest BCUT2D eigenvalue weighted by atomic mass is 35.5. The van der Waals surface area contributed by atoms with Crippen LogP contribution in [0.15, 0.2) is 84.0 Å². The summed E-state index contributed by atoms with van der Waals surface area (Å²) in [6.07, 6.45) is 0.601. The number of nitrogens with one attached hydrogen (secondary N) is 1. The van der Waals surface area contributed by atoms with Crippen molar-refractivity contribution in [1.29, 1.82) is 5.26 Å². The number of hydrogen-bond acceptors (Lipinski definition) is 5. The van der Waals surface area contributed by atoms with Gasteiger partial charge in [0.2, 0.25) is 5.91 Å². The van der Waals surface area contributed by atoms with Crippen LogP contribution in [0, 0.1) is 11.3 Å². The second-order valence-electron chi connectivity index (χ2n) is 6.90. The van der Waals surface area contributed by atoms with E-state index in [9.17, 15) is 4.79 Å². The van der Waals surface area contributed by atoms with Crippen LogP contribution in [-0.2, 0) is 11.2 Å². The van der Waals surface area contributed by atoms with Gasteiger partial charge in [0.1, 0.15) is 5.82 Å². The third-order valence-electron chi connectivity index (χ3n) is 4.60. The van der Waals surface area contributed by atoms with E-state index >= 15 is 0 Å². The van der Waals surface area contributed by atoms with Crippen LogP contribution in [0.3, 0.4) is 0 Å². The number of thioether (sulfide) groups is 1. The fraction of sp³-hybridized carbons (Fsp3) is 0.0833. The topological polar surface area (TPSA) is 83.6 Å². The zero-order valence-electron chi connectivity index (χ0n) is 16.9. The number of amides is 1. The molecule has 6 nitrogen and oxygen atoms in total. The lowest BCUT2D eigenvalue weighted by Crippen LogP contribution is -2.14. The summed E-state index contributed by atoms with van der Waals surface area (Å²) in [6.45, 7) is 0. The van der Waals surface area contributed by atoms with Gasteiger partial charge in [-0.2, -0.15) is 5.26 Å². The molecule has 0 aliphatic rings. The maximum absolute atomic E-state index is 12.5. The lowest BCUT2D eigenvalue weighted by molar-refractivity contribution is -0.113. The summed E-state index contributed by atoms with van der Waals surface area (Å²) in [5.74, 6) is 0.719. The van der Waals surface area contributed by atoms with E-state index in [1.807, 2.05) is 59.2 Å². The highest BCUT2D eigenvalue weighted by Crippen LogP contribution is 2.25. The van der Waals surface area contributed by atoms with Crippen LogP contribution >= 0.6 is 23.4 Å². The molecule has 4 rings (SSSR count). The molecule has 3 aromatic carbocycles. The molecule has 0 aliphatic heterocycles. The summed E-state index contributed by atoms with van der Waals surface area (Å²) in [7, 11) is 0. The first-order chi connectivity index (χ1) is 15.6. The van der Waals surface area contributed by atoms with Crippen molar-refractivity contribution in [3.63, 3.8) is 0 Å². The van der Waals surface area contributed by atoms with Crippen molar-refractivity contribution >= 4 is 35.0 Å². The number of anilines is 1. The predicted molar refractivity (Wildman–Crippen MR) is 126 cm³/mol. The second kappa shape index (κ2) is 10.1. The predicted octanol–water partition coefficient (Wildman–Crippen LogP) is 5.11. The molecule has 0 bridgehead atoms. The van der Waals surface area contributed by atoms with Crippen LogP contribution in [0.2, 0.25) is 5.02 Å². The Kier molecular flexibility index (Phi) is 6.85. The van der Waals surface area contributed by atoms with Crippen LogP contribution in [0.25, 0.3) is 5.69 Å². The van der Waals surface area contributed by atoms with E-state index in [1.54, 1.807) is 24.3 Å². The van der Waals surface area contributed by atoms with Crippen molar-refractivity contribution in [2.24, 2.45) is 0 Å². The number of nitrogens with zero attached hydrogens (tertiary/aromatic N) is 4. The first-order valence-corrected chi connectivity index (χ1v) is 11.2. The molecule has 0 fully saturated rings. The third-order valence-corrected chi connectivity index (χ3v) is 5.78. The summed E-state index contributed by atoms with van der Waals surface area (Å²) >= 11 is 7.36. The fourth-order valence-electron chi connectivity index (χ4n) is 3.13. The maximum atomic E-state index is 12.5. The van der Waals surface area contributed by atoms with Crippen LogP contribution in [0.5, 0.6) is 0 Å². The zero-order chi connectivity index (χ0) is 22.3. The minimum Gasteiger partial charge on any atom is -0.325 e. The minimum atomic E-state index is -0.194. The lowest BCUT2D eigenvalue weighted by Gasteiger charge is -2.11. The Bertz CT molecular complexity index is 1270. The van der Waals surface area contributed by atoms with Crippen LogP contribution in [0.4, 0.5) is 5.69 Å². The van der Waals surface area contributed by atoms with Gasteiger partial charge in [0.05, 0.1) is 17.4 Å². The molecular weight excluding hydrogens is 442 g/mol. The maximum Gasteiger partial charge on any atom is 0.234 e. The van der Waals surface area contributed by atoms with Crippen molar-refractivity contribution in [3.05, 3.63) is 101 Å². The molecule has 32 heavy (non-hydrogen) atoms. The standard InChI is InChI=1S/C24H18ClN5OS/c25-19-9-11-21(12-10-19)30-22(14-17-5-2-1-3-6-17)28-29-24(30)32-16-23(31)27-20-8-4-7-18(13-20)15-26/h1-13H,14,16H2,(H,27,31). The Morgan fingerprint density at radius 1 is 1.03 bits per heavy atom. The van der Waals surface area contributed by atoms with E-state index in [4.69, 9.17) is 16.9 Å². The molecule has 1 aromatic heterocycles.